The van der Waals surface area contributed by atoms with Gasteiger partial charge in [-0.3, -0.25) is 0 Å². The Bertz CT molecular complexity index is 204. The molecule has 1 N–H and O–H groups in total. The monoisotopic (exact) mass is 207 g/mol. The van der Waals surface area contributed by atoms with Crippen molar-refractivity contribution >= 4 is 0 Å². The van der Waals surface area contributed by atoms with E-state index >= 15 is 0 Å². The molecule has 0 spiro atoms. The van der Waals surface area contributed by atoms with E-state index in [0.29, 0.717) is 0 Å². The average molecular weight is 207 g/mol. The summed E-state index contributed by atoms with van der Waals surface area (Å²) < 4.78 is 0. The lowest BCUT2D eigenvalue weighted by atomic mass is 9.80. The SMILES string of the molecule is C#CCCCCNC1CCC(C)CC1C. The van der Waals surface area contributed by atoms with Crippen LogP contribution in [0.1, 0.15) is 52.4 Å². The van der Waals surface area contributed by atoms with Crippen LogP contribution in [-0.4, -0.2) is 12.6 Å². The van der Waals surface area contributed by atoms with Crippen molar-refractivity contribution in [1.29, 1.82) is 0 Å². The van der Waals surface area contributed by atoms with Crippen LogP contribution in [0.2, 0.25) is 0 Å². The van der Waals surface area contributed by atoms with Gasteiger partial charge in [0, 0.05) is 12.5 Å². The molecular formula is C14H25N. The molecule has 1 saturated carbocycles. The van der Waals surface area contributed by atoms with Crippen LogP contribution in [0.4, 0.5) is 0 Å². The van der Waals surface area contributed by atoms with Gasteiger partial charge in [0.25, 0.3) is 0 Å². The first kappa shape index (κ1) is 12.6. The molecule has 0 radical (unpaired) electrons. The predicted octanol–water partition coefficient (Wildman–Crippen LogP) is 3.20. The summed E-state index contributed by atoms with van der Waals surface area (Å²) in [5.74, 6) is 4.47. The Kier molecular flexibility index (Phi) is 5.79. The van der Waals surface area contributed by atoms with Crippen LogP contribution < -0.4 is 5.32 Å². The Morgan fingerprint density at radius 3 is 2.73 bits per heavy atom. The Morgan fingerprint density at radius 1 is 1.27 bits per heavy atom. The Balaban J connectivity index is 2.08. The van der Waals surface area contributed by atoms with E-state index in [0.717, 1.165) is 30.8 Å². The third kappa shape index (κ3) is 4.71. The summed E-state index contributed by atoms with van der Waals surface area (Å²) >= 11 is 0. The second-order valence-corrected chi connectivity index (χ2v) is 5.12. The van der Waals surface area contributed by atoms with Crippen molar-refractivity contribution in [1.82, 2.24) is 5.32 Å². The molecule has 0 amide bonds. The highest BCUT2D eigenvalue weighted by atomic mass is 14.9. The van der Waals surface area contributed by atoms with Crippen molar-refractivity contribution in [2.75, 3.05) is 6.54 Å². The quantitative estimate of drug-likeness (QED) is 0.539. The number of terminal acetylenes is 1. The molecule has 0 aromatic heterocycles. The highest BCUT2D eigenvalue weighted by Gasteiger charge is 2.24. The van der Waals surface area contributed by atoms with Crippen LogP contribution in [0.25, 0.3) is 0 Å². The largest absolute Gasteiger partial charge is 0.314 e. The van der Waals surface area contributed by atoms with Gasteiger partial charge in [-0.2, -0.15) is 0 Å². The summed E-state index contributed by atoms with van der Waals surface area (Å²) in [6, 6.07) is 0.757. The predicted molar refractivity (Wildman–Crippen MR) is 66.7 cm³/mol. The minimum atomic E-state index is 0.757. The van der Waals surface area contributed by atoms with E-state index < -0.39 is 0 Å². The molecule has 1 heteroatoms. The van der Waals surface area contributed by atoms with Gasteiger partial charge in [0.05, 0.1) is 0 Å². The first-order valence-corrected chi connectivity index (χ1v) is 6.41. The van der Waals surface area contributed by atoms with Crippen molar-refractivity contribution in [3.63, 3.8) is 0 Å². The fourth-order valence-corrected chi connectivity index (χ4v) is 2.61. The topological polar surface area (TPSA) is 12.0 Å². The van der Waals surface area contributed by atoms with Crippen LogP contribution >= 0.6 is 0 Å². The van der Waals surface area contributed by atoms with E-state index in [2.05, 4.69) is 25.1 Å². The van der Waals surface area contributed by atoms with Crippen molar-refractivity contribution in [3.05, 3.63) is 0 Å². The molecule has 1 aliphatic carbocycles. The number of nitrogens with one attached hydrogen (secondary N) is 1. The Labute approximate surface area is 95.0 Å². The van der Waals surface area contributed by atoms with Crippen LogP contribution in [0.5, 0.6) is 0 Å². The zero-order valence-corrected chi connectivity index (χ0v) is 10.3. The van der Waals surface area contributed by atoms with E-state index in [9.17, 15) is 0 Å². The molecule has 0 aliphatic heterocycles. The van der Waals surface area contributed by atoms with Crippen LogP contribution in [0.15, 0.2) is 0 Å². The maximum Gasteiger partial charge on any atom is 0.00928 e. The van der Waals surface area contributed by atoms with Gasteiger partial charge in [-0.25, -0.2) is 0 Å². The van der Waals surface area contributed by atoms with E-state index in [1.807, 2.05) is 0 Å². The fraction of sp³-hybridized carbons (Fsp3) is 0.857. The second kappa shape index (κ2) is 6.90. The van der Waals surface area contributed by atoms with Gasteiger partial charge in [0.1, 0.15) is 0 Å². The molecule has 3 unspecified atom stereocenters. The summed E-state index contributed by atoms with van der Waals surface area (Å²) in [5, 5.41) is 3.68. The molecule has 0 saturated heterocycles. The first-order valence-electron chi connectivity index (χ1n) is 6.41. The summed E-state index contributed by atoms with van der Waals surface area (Å²) in [6.07, 6.45) is 12.7. The number of hydrogen-bond acceptors (Lipinski definition) is 1. The molecule has 0 aromatic rings. The lowest BCUT2D eigenvalue weighted by molar-refractivity contribution is 0.228. The zero-order chi connectivity index (χ0) is 11.1. The molecule has 1 nitrogen and oxygen atoms in total. The molecule has 0 bridgehead atoms. The van der Waals surface area contributed by atoms with Crippen molar-refractivity contribution in [2.45, 2.75) is 58.4 Å². The summed E-state index contributed by atoms with van der Waals surface area (Å²) in [4.78, 5) is 0. The third-order valence-corrected chi connectivity index (χ3v) is 3.59. The van der Waals surface area contributed by atoms with Gasteiger partial charge in [0.2, 0.25) is 0 Å². The summed E-state index contributed by atoms with van der Waals surface area (Å²) in [7, 11) is 0. The lowest BCUT2D eigenvalue weighted by Crippen LogP contribution is -2.39. The average Bonchev–Trinajstić information content (AvgIpc) is 2.20. The van der Waals surface area contributed by atoms with Gasteiger partial charge >= 0.3 is 0 Å². The summed E-state index contributed by atoms with van der Waals surface area (Å²) in [6.45, 7) is 5.90. The van der Waals surface area contributed by atoms with E-state index in [4.69, 9.17) is 6.42 Å². The van der Waals surface area contributed by atoms with Gasteiger partial charge in [-0.05, 0) is 50.5 Å². The molecule has 3 atom stereocenters. The maximum atomic E-state index is 5.22. The summed E-state index contributed by atoms with van der Waals surface area (Å²) in [5.41, 5.74) is 0. The lowest BCUT2D eigenvalue weighted by Gasteiger charge is -2.33. The third-order valence-electron chi connectivity index (χ3n) is 3.59. The molecule has 1 fully saturated rings. The maximum absolute atomic E-state index is 5.22. The van der Waals surface area contributed by atoms with Gasteiger partial charge in [-0.15, -0.1) is 12.3 Å². The van der Waals surface area contributed by atoms with Crippen LogP contribution in [0, 0.1) is 24.2 Å². The molecule has 1 aliphatic rings. The molecule has 15 heavy (non-hydrogen) atoms. The Morgan fingerprint density at radius 2 is 2.07 bits per heavy atom. The minimum Gasteiger partial charge on any atom is -0.314 e. The van der Waals surface area contributed by atoms with Gasteiger partial charge in [0.15, 0.2) is 0 Å². The molecular weight excluding hydrogens is 182 g/mol. The Hall–Kier alpha value is -0.480. The highest BCUT2D eigenvalue weighted by molar-refractivity contribution is 4.84. The zero-order valence-electron chi connectivity index (χ0n) is 10.3. The van der Waals surface area contributed by atoms with E-state index in [1.54, 1.807) is 0 Å². The molecule has 0 heterocycles. The van der Waals surface area contributed by atoms with Crippen molar-refractivity contribution < 1.29 is 0 Å². The smallest absolute Gasteiger partial charge is 0.00928 e. The molecule has 1 rings (SSSR count). The standard InChI is InChI=1S/C14H25N/c1-4-5-6-7-10-15-14-9-8-12(2)11-13(14)3/h1,12-15H,5-11H2,2-3H3. The normalized spacial score (nSPS) is 31.1. The minimum absolute atomic E-state index is 0.757. The number of unbranched alkanes of at least 4 members (excludes halogenated alkanes) is 2. The van der Waals surface area contributed by atoms with E-state index in [1.165, 1.54) is 32.1 Å². The number of rotatable bonds is 5. The van der Waals surface area contributed by atoms with E-state index in [-0.39, 0.29) is 0 Å². The van der Waals surface area contributed by atoms with Crippen LogP contribution in [0.3, 0.4) is 0 Å². The van der Waals surface area contributed by atoms with Crippen molar-refractivity contribution in [3.8, 4) is 12.3 Å². The first-order chi connectivity index (χ1) is 7.24. The fourth-order valence-electron chi connectivity index (χ4n) is 2.61. The van der Waals surface area contributed by atoms with Gasteiger partial charge in [-0.1, -0.05) is 13.8 Å². The second-order valence-electron chi connectivity index (χ2n) is 5.12. The number of hydrogen-bond donors (Lipinski definition) is 1. The van der Waals surface area contributed by atoms with Crippen LogP contribution in [-0.2, 0) is 0 Å². The van der Waals surface area contributed by atoms with Gasteiger partial charge < -0.3 is 5.32 Å². The molecule has 86 valence electrons. The van der Waals surface area contributed by atoms with Crippen molar-refractivity contribution in [2.24, 2.45) is 11.8 Å². The molecule has 0 aromatic carbocycles. The highest BCUT2D eigenvalue weighted by Crippen LogP contribution is 2.28.